The van der Waals surface area contributed by atoms with Crippen LogP contribution in [-0.4, -0.2) is 42.5 Å². The fourth-order valence-electron chi connectivity index (χ4n) is 3.71. The molecule has 1 N–H and O–H groups in total. The van der Waals surface area contributed by atoms with Gasteiger partial charge in [-0.2, -0.15) is 0 Å². The Morgan fingerprint density at radius 2 is 1.88 bits per heavy atom. The molecule has 1 saturated carbocycles. The van der Waals surface area contributed by atoms with Crippen LogP contribution in [0.25, 0.3) is 0 Å². The molecule has 5 heteroatoms. The van der Waals surface area contributed by atoms with Gasteiger partial charge in [0, 0.05) is 38.2 Å². The van der Waals surface area contributed by atoms with Gasteiger partial charge < -0.3 is 15.0 Å². The maximum absolute atomic E-state index is 12.2. The van der Waals surface area contributed by atoms with E-state index >= 15 is 0 Å². The molecule has 1 aromatic rings. The normalized spacial score (nSPS) is 18.3. The van der Waals surface area contributed by atoms with Gasteiger partial charge >= 0.3 is 0 Å². The highest BCUT2D eigenvalue weighted by Gasteiger charge is 2.20. The van der Waals surface area contributed by atoms with Crippen molar-refractivity contribution in [3.05, 3.63) is 35.4 Å². The molecule has 0 aromatic heterocycles. The predicted molar refractivity (Wildman–Crippen MR) is 101 cm³/mol. The lowest BCUT2D eigenvalue weighted by Crippen LogP contribution is -2.26. The third-order valence-corrected chi connectivity index (χ3v) is 5.27. The van der Waals surface area contributed by atoms with Crippen molar-refractivity contribution >= 4 is 11.8 Å². The van der Waals surface area contributed by atoms with E-state index in [0.717, 1.165) is 24.9 Å². The number of carbonyl (C=O) groups excluding carboxylic acids is 2. The van der Waals surface area contributed by atoms with Crippen LogP contribution in [0.3, 0.4) is 0 Å². The summed E-state index contributed by atoms with van der Waals surface area (Å²) < 4.78 is 5.87. The summed E-state index contributed by atoms with van der Waals surface area (Å²) in [5.41, 5.74) is 1.73. The Hall–Kier alpha value is -1.88. The van der Waals surface area contributed by atoms with Gasteiger partial charge in [-0.3, -0.25) is 9.59 Å². The molecule has 0 bridgehead atoms. The molecule has 2 fully saturated rings. The van der Waals surface area contributed by atoms with Gasteiger partial charge in [-0.15, -0.1) is 0 Å². The molecule has 2 aliphatic rings. The van der Waals surface area contributed by atoms with Crippen LogP contribution < -0.4 is 5.32 Å². The Kier molecular flexibility index (Phi) is 7.06. The second kappa shape index (κ2) is 9.72. The second-order valence-corrected chi connectivity index (χ2v) is 7.36. The quantitative estimate of drug-likeness (QED) is 0.726. The molecular weight excluding hydrogens is 328 g/mol. The van der Waals surface area contributed by atoms with Crippen molar-refractivity contribution in [2.45, 2.75) is 64.0 Å². The second-order valence-electron chi connectivity index (χ2n) is 7.36. The highest BCUT2D eigenvalue weighted by atomic mass is 16.5. The van der Waals surface area contributed by atoms with E-state index in [1.165, 1.54) is 32.1 Å². The van der Waals surface area contributed by atoms with E-state index in [1.807, 2.05) is 29.2 Å². The van der Waals surface area contributed by atoms with Crippen LogP contribution in [0.2, 0.25) is 0 Å². The van der Waals surface area contributed by atoms with Crippen molar-refractivity contribution in [2.24, 2.45) is 0 Å². The maximum atomic E-state index is 12.2. The number of nitrogens with one attached hydrogen (secondary N) is 1. The van der Waals surface area contributed by atoms with Gasteiger partial charge in [0.1, 0.15) is 0 Å². The summed E-state index contributed by atoms with van der Waals surface area (Å²) in [7, 11) is 0. The third kappa shape index (κ3) is 5.56. The number of amides is 2. The van der Waals surface area contributed by atoms with Gasteiger partial charge in [0.05, 0.1) is 6.10 Å². The molecule has 1 saturated heterocycles. The SMILES string of the molecule is O=C(NCCCOC1CCCCC1)c1ccc(CN2CCCC2=O)cc1. The van der Waals surface area contributed by atoms with E-state index in [2.05, 4.69) is 5.32 Å². The molecule has 5 nitrogen and oxygen atoms in total. The Bertz CT molecular complexity index is 594. The van der Waals surface area contributed by atoms with Crippen LogP contribution in [0.1, 0.15) is 67.3 Å². The number of rotatable bonds is 8. The lowest BCUT2D eigenvalue weighted by Gasteiger charge is -2.21. The van der Waals surface area contributed by atoms with Crippen LogP contribution in [0.15, 0.2) is 24.3 Å². The molecular formula is C21H30N2O3. The number of benzene rings is 1. The number of ether oxygens (including phenoxy) is 1. The molecule has 2 amide bonds. The van der Waals surface area contributed by atoms with Crippen LogP contribution in [0, 0.1) is 0 Å². The first-order valence-corrected chi connectivity index (χ1v) is 9.99. The summed E-state index contributed by atoms with van der Waals surface area (Å²) in [5.74, 6) is 0.175. The van der Waals surface area contributed by atoms with Gasteiger partial charge in [0.25, 0.3) is 5.91 Å². The molecule has 3 rings (SSSR count). The van der Waals surface area contributed by atoms with Crippen LogP contribution in [-0.2, 0) is 16.1 Å². The predicted octanol–water partition coefficient (Wildman–Crippen LogP) is 3.28. The molecule has 1 aliphatic carbocycles. The highest BCUT2D eigenvalue weighted by molar-refractivity contribution is 5.94. The minimum Gasteiger partial charge on any atom is -0.378 e. The fraction of sp³-hybridized carbons (Fsp3) is 0.619. The van der Waals surface area contributed by atoms with Gasteiger partial charge in [0.2, 0.25) is 5.91 Å². The van der Waals surface area contributed by atoms with Crippen molar-refractivity contribution in [3.8, 4) is 0 Å². The summed E-state index contributed by atoms with van der Waals surface area (Å²) >= 11 is 0. The Labute approximate surface area is 156 Å². The average Bonchev–Trinajstić information content (AvgIpc) is 3.07. The van der Waals surface area contributed by atoms with E-state index in [0.29, 0.717) is 37.8 Å². The van der Waals surface area contributed by atoms with Crippen molar-refractivity contribution < 1.29 is 14.3 Å². The van der Waals surface area contributed by atoms with E-state index in [1.54, 1.807) is 0 Å². The van der Waals surface area contributed by atoms with E-state index in [9.17, 15) is 9.59 Å². The van der Waals surface area contributed by atoms with Crippen molar-refractivity contribution in [1.29, 1.82) is 0 Å². The molecule has 142 valence electrons. The van der Waals surface area contributed by atoms with E-state index in [-0.39, 0.29) is 11.8 Å². The molecule has 0 spiro atoms. The summed E-state index contributed by atoms with van der Waals surface area (Å²) in [6, 6.07) is 7.55. The first kappa shape index (κ1) is 18.9. The molecule has 0 atom stereocenters. The van der Waals surface area contributed by atoms with Gasteiger partial charge in [0.15, 0.2) is 0 Å². The van der Waals surface area contributed by atoms with Crippen LogP contribution in [0.4, 0.5) is 0 Å². The lowest BCUT2D eigenvalue weighted by molar-refractivity contribution is -0.128. The fourth-order valence-corrected chi connectivity index (χ4v) is 3.71. The van der Waals surface area contributed by atoms with Crippen LogP contribution >= 0.6 is 0 Å². The van der Waals surface area contributed by atoms with Gasteiger partial charge in [-0.05, 0) is 43.4 Å². The van der Waals surface area contributed by atoms with Gasteiger partial charge in [-0.1, -0.05) is 31.4 Å². The number of hydrogen-bond donors (Lipinski definition) is 1. The van der Waals surface area contributed by atoms with Crippen LogP contribution in [0.5, 0.6) is 0 Å². The molecule has 1 heterocycles. The number of nitrogens with zero attached hydrogens (tertiary/aromatic N) is 1. The zero-order valence-electron chi connectivity index (χ0n) is 15.5. The van der Waals surface area contributed by atoms with Crippen molar-refractivity contribution in [1.82, 2.24) is 10.2 Å². The zero-order valence-corrected chi connectivity index (χ0v) is 15.5. The summed E-state index contributed by atoms with van der Waals surface area (Å²) in [5, 5.41) is 2.95. The Morgan fingerprint density at radius 1 is 1.12 bits per heavy atom. The number of likely N-dealkylation sites (tertiary alicyclic amines) is 1. The van der Waals surface area contributed by atoms with Crippen molar-refractivity contribution in [3.63, 3.8) is 0 Å². The average molecular weight is 358 g/mol. The topological polar surface area (TPSA) is 58.6 Å². The lowest BCUT2D eigenvalue weighted by atomic mass is 9.98. The summed E-state index contributed by atoms with van der Waals surface area (Å²) in [4.78, 5) is 25.8. The monoisotopic (exact) mass is 358 g/mol. The molecule has 26 heavy (non-hydrogen) atoms. The zero-order chi connectivity index (χ0) is 18.2. The minimum absolute atomic E-state index is 0.0496. The highest BCUT2D eigenvalue weighted by Crippen LogP contribution is 2.20. The van der Waals surface area contributed by atoms with Gasteiger partial charge in [-0.25, -0.2) is 0 Å². The Balaban J connectivity index is 1.34. The molecule has 0 radical (unpaired) electrons. The minimum atomic E-state index is -0.0496. The van der Waals surface area contributed by atoms with E-state index in [4.69, 9.17) is 4.74 Å². The molecule has 0 unspecified atom stereocenters. The van der Waals surface area contributed by atoms with E-state index < -0.39 is 0 Å². The Morgan fingerprint density at radius 3 is 2.58 bits per heavy atom. The van der Waals surface area contributed by atoms with Crippen molar-refractivity contribution in [2.75, 3.05) is 19.7 Å². The maximum Gasteiger partial charge on any atom is 0.251 e. The molecule has 1 aliphatic heterocycles. The number of hydrogen-bond acceptors (Lipinski definition) is 3. The standard InChI is InChI=1S/C21H30N2O3/c24-20-8-4-14-23(20)16-17-9-11-18(12-10-17)21(25)22-13-5-15-26-19-6-2-1-3-7-19/h9-12,19H,1-8,13-16H2,(H,22,25). The first-order chi connectivity index (χ1) is 12.7. The summed E-state index contributed by atoms with van der Waals surface area (Å²) in [6.45, 7) is 2.83. The number of carbonyl (C=O) groups is 2. The largest absolute Gasteiger partial charge is 0.378 e. The third-order valence-electron chi connectivity index (χ3n) is 5.27. The summed E-state index contributed by atoms with van der Waals surface area (Å²) in [6.07, 6.45) is 9.14. The first-order valence-electron chi connectivity index (χ1n) is 9.99. The molecule has 1 aromatic carbocycles. The smallest absolute Gasteiger partial charge is 0.251 e.